The third-order valence-electron chi connectivity index (χ3n) is 4.19. The van der Waals surface area contributed by atoms with Crippen molar-refractivity contribution < 1.29 is 17.7 Å². The van der Waals surface area contributed by atoms with Gasteiger partial charge in [-0.3, -0.25) is 0 Å². The Hall–Kier alpha value is -1.68. The van der Waals surface area contributed by atoms with E-state index in [4.69, 9.17) is 9.26 Å². The summed E-state index contributed by atoms with van der Waals surface area (Å²) in [6.45, 7) is 6.41. The van der Waals surface area contributed by atoms with E-state index in [9.17, 15) is 8.42 Å². The molecule has 10 heteroatoms. The molecule has 2 aromatic rings. The van der Waals surface area contributed by atoms with Gasteiger partial charge in [-0.1, -0.05) is 19.0 Å². The van der Waals surface area contributed by atoms with Crippen LogP contribution in [0.25, 0.3) is 11.5 Å². The summed E-state index contributed by atoms with van der Waals surface area (Å²) in [6, 6.07) is 4.84. The van der Waals surface area contributed by atoms with Crippen LogP contribution in [0.1, 0.15) is 26.6 Å². The van der Waals surface area contributed by atoms with Gasteiger partial charge in [0, 0.05) is 25.6 Å². The van der Waals surface area contributed by atoms with Crippen LogP contribution >= 0.6 is 12.4 Å². The monoisotopic (exact) mass is 418 g/mol. The van der Waals surface area contributed by atoms with Gasteiger partial charge in [0.25, 0.3) is 5.89 Å². The zero-order chi connectivity index (χ0) is 19.3. The molecule has 0 aliphatic rings. The maximum Gasteiger partial charge on any atom is 0.261 e. The van der Waals surface area contributed by atoms with Crippen molar-refractivity contribution in [1.29, 1.82) is 0 Å². The predicted octanol–water partition coefficient (Wildman–Crippen LogP) is 2.35. The molecule has 1 aromatic heterocycles. The number of hydrogen-bond donors (Lipinski definition) is 1. The van der Waals surface area contributed by atoms with E-state index < -0.39 is 10.0 Å². The smallest absolute Gasteiger partial charge is 0.261 e. The standard InChI is InChI=1S/C17H26N4O4S.ClH/c1-6-21(7-2)26(22,23)13-8-9-15(24-5)14(11-13)17-19-16(20-25-17)10-12(3)18-4;/h8-9,11-12,18H,6-7,10H2,1-5H3;1H. The van der Waals surface area contributed by atoms with E-state index in [1.54, 1.807) is 19.9 Å². The lowest BCUT2D eigenvalue weighted by Crippen LogP contribution is -2.30. The molecule has 0 amide bonds. The van der Waals surface area contributed by atoms with Crippen molar-refractivity contribution >= 4 is 22.4 Å². The Bertz CT molecular complexity index is 837. The number of aromatic nitrogens is 2. The van der Waals surface area contributed by atoms with E-state index in [2.05, 4.69) is 15.5 Å². The maximum absolute atomic E-state index is 12.8. The van der Waals surface area contributed by atoms with Gasteiger partial charge < -0.3 is 14.6 Å². The van der Waals surface area contributed by atoms with Gasteiger partial charge in [-0.25, -0.2) is 8.42 Å². The van der Waals surface area contributed by atoms with Gasteiger partial charge in [0.2, 0.25) is 10.0 Å². The van der Waals surface area contributed by atoms with Crippen LogP contribution in [0.5, 0.6) is 5.75 Å². The summed E-state index contributed by atoms with van der Waals surface area (Å²) in [5.74, 6) is 1.25. The van der Waals surface area contributed by atoms with Crippen molar-refractivity contribution in [3.63, 3.8) is 0 Å². The second-order valence-electron chi connectivity index (χ2n) is 5.86. The molecule has 1 aromatic carbocycles. The van der Waals surface area contributed by atoms with Gasteiger partial charge in [0.1, 0.15) is 5.75 Å². The summed E-state index contributed by atoms with van der Waals surface area (Å²) in [6.07, 6.45) is 0.597. The van der Waals surface area contributed by atoms with Crippen LogP contribution < -0.4 is 10.1 Å². The fourth-order valence-electron chi connectivity index (χ4n) is 2.55. The topological polar surface area (TPSA) is 97.6 Å². The van der Waals surface area contributed by atoms with E-state index in [0.717, 1.165) is 0 Å². The number of methoxy groups -OCH3 is 1. The average molecular weight is 419 g/mol. The van der Waals surface area contributed by atoms with E-state index in [0.29, 0.717) is 36.6 Å². The highest BCUT2D eigenvalue weighted by molar-refractivity contribution is 7.89. The van der Waals surface area contributed by atoms with E-state index >= 15 is 0 Å². The van der Waals surface area contributed by atoms with Crippen LogP contribution in [-0.2, 0) is 16.4 Å². The van der Waals surface area contributed by atoms with Gasteiger partial charge in [-0.05, 0) is 32.2 Å². The number of nitrogens with zero attached hydrogens (tertiary/aromatic N) is 3. The number of halogens is 1. The molecule has 1 unspecified atom stereocenters. The summed E-state index contributed by atoms with van der Waals surface area (Å²) in [7, 11) is -0.226. The SMILES string of the molecule is CCN(CC)S(=O)(=O)c1ccc(OC)c(-c2nc(CC(C)NC)no2)c1.Cl. The third-order valence-corrected chi connectivity index (χ3v) is 6.24. The molecule has 0 saturated heterocycles. The fraction of sp³-hybridized carbons (Fsp3) is 0.529. The first-order chi connectivity index (χ1) is 12.4. The van der Waals surface area contributed by atoms with E-state index in [1.165, 1.54) is 23.5 Å². The molecular weight excluding hydrogens is 392 g/mol. The molecule has 1 heterocycles. The zero-order valence-corrected chi connectivity index (χ0v) is 17.9. The minimum Gasteiger partial charge on any atom is -0.496 e. The predicted molar refractivity (Wildman–Crippen MR) is 106 cm³/mol. The summed E-state index contributed by atoms with van der Waals surface area (Å²) in [5.41, 5.74) is 0.455. The van der Waals surface area contributed by atoms with Crippen LogP contribution in [-0.4, -0.2) is 56.2 Å². The first kappa shape index (κ1) is 23.4. The lowest BCUT2D eigenvalue weighted by Gasteiger charge is -2.19. The minimum absolute atomic E-state index is 0. The summed E-state index contributed by atoms with van der Waals surface area (Å²) >= 11 is 0. The highest BCUT2D eigenvalue weighted by Gasteiger charge is 2.24. The first-order valence-electron chi connectivity index (χ1n) is 8.55. The number of hydrogen-bond acceptors (Lipinski definition) is 7. The lowest BCUT2D eigenvalue weighted by molar-refractivity contribution is 0.400. The molecular formula is C17H27ClN4O4S. The molecule has 27 heavy (non-hydrogen) atoms. The Morgan fingerprint density at radius 2 is 1.96 bits per heavy atom. The molecule has 1 N–H and O–H groups in total. The highest BCUT2D eigenvalue weighted by Crippen LogP contribution is 2.32. The Balaban J connectivity index is 0.00000364. The van der Waals surface area contributed by atoms with Crippen molar-refractivity contribution in [3.8, 4) is 17.2 Å². The summed E-state index contributed by atoms with van der Waals surface area (Å²) in [4.78, 5) is 4.55. The van der Waals surface area contributed by atoms with Gasteiger partial charge in [-0.2, -0.15) is 9.29 Å². The molecule has 2 rings (SSSR count). The fourth-order valence-corrected chi connectivity index (χ4v) is 4.03. The Kier molecular flexibility index (Phi) is 8.67. The van der Waals surface area contributed by atoms with Gasteiger partial charge in [0.15, 0.2) is 5.82 Å². The maximum atomic E-state index is 12.8. The van der Waals surface area contributed by atoms with Crippen molar-refractivity contribution in [2.75, 3.05) is 27.2 Å². The average Bonchev–Trinajstić information content (AvgIpc) is 3.10. The second-order valence-corrected chi connectivity index (χ2v) is 7.80. The highest BCUT2D eigenvalue weighted by atomic mass is 35.5. The Morgan fingerprint density at radius 1 is 1.30 bits per heavy atom. The van der Waals surface area contributed by atoms with Crippen LogP contribution in [0.4, 0.5) is 0 Å². The summed E-state index contributed by atoms with van der Waals surface area (Å²) < 4.78 is 37.6. The normalized spacial score (nSPS) is 12.7. The Morgan fingerprint density at radius 3 is 2.52 bits per heavy atom. The van der Waals surface area contributed by atoms with Gasteiger partial charge in [-0.15, -0.1) is 12.4 Å². The van der Waals surface area contributed by atoms with Gasteiger partial charge in [0.05, 0.1) is 17.6 Å². The molecule has 0 spiro atoms. The molecule has 0 aliphatic heterocycles. The van der Waals surface area contributed by atoms with Crippen molar-refractivity contribution in [2.24, 2.45) is 0 Å². The summed E-state index contributed by atoms with van der Waals surface area (Å²) in [5, 5.41) is 7.08. The van der Waals surface area contributed by atoms with E-state index in [1.807, 2.05) is 14.0 Å². The first-order valence-corrected chi connectivity index (χ1v) is 9.99. The second kappa shape index (κ2) is 10.0. The van der Waals surface area contributed by atoms with Crippen LogP contribution in [0.15, 0.2) is 27.6 Å². The minimum atomic E-state index is -3.59. The van der Waals surface area contributed by atoms with Crippen molar-refractivity contribution in [3.05, 3.63) is 24.0 Å². The van der Waals surface area contributed by atoms with Crippen LogP contribution in [0, 0.1) is 0 Å². The number of rotatable bonds is 9. The number of benzene rings is 1. The zero-order valence-electron chi connectivity index (χ0n) is 16.2. The van der Waals surface area contributed by atoms with Crippen molar-refractivity contribution in [2.45, 2.75) is 38.1 Å². The van der Waals surface area contributed by atoms with Crippen molar-refractivity contribution in [1.82, 2.24) is 19.8 Å². The lowest BCUT2D eigenvalue weighted by atomic mass is 10.2. The molecule has 0 radical (unpaired) electrons. The van der Waals surface area contributed by atoms with E-state index in [-0.39, 0.29) is 29.2 Å². The molecule has 0 saturated carbocycles. The molecule has 0 bridgehead atoms. The van der Waals surface area contributed by atoms with Gasteiger partial charge >= 0.3 is 0 Å². The van der Waals surface area contributed by atoms with Crippen LogP contribution in [0.2, 0.25) is 0 Å². The number of likely N-dealkylation sites (N-methyl/N-ethyl adjacent to an activating group) is 1. The molecule has 0 aliphatic carbocycles. The Labute approximate surface area is 166 Å². The number of ether oxygens (including phenoxy) is 1. The molecule has 1 atom stereocenters. The third kappa shape index (κ3) is 5.19. The quantitative estimate of drug-likeness (QED) is 0.667. The number of nitrogens with one attached hydrogen (secondary N) is 1. The molecule has 8 nitrogen and oxygen atoms in total. The largest absolute Gasteiger partial charge is 0.496 e. The van der Waals surface area contributed by atoms with Crippen LogP contribution in [0.3, 0.4) is 0 Å². The molecule has 0 fully saturated rings. The molecule has 152 valence electrons. The number of sulfonamides is 1.